The Kier molecular flexibility index (Phi) is 6.40. The van der Waals surface area contributed by atoms with E-state index in [0.717, 1.165) is 6.42 Å². The minimum atomic E-state index is 0.331. The van der Waals surface area contributed by atoms with Gasteiger partial charge in [0.2, 0.25) is 0 Å². The zero-order chi connectivity index (χ0) is 10.3. The second-order valence-corrected chi connectivity index (χ2v) is 5.11. The molecule has 13 heavy (non-hydrogen) atoms. The van der Waals surface area contributed by atoms with Gasteiger partial charge in [-0.3, -0.25) is 0 Å². The lowest BCUT2D eigenvalue weighted by molar-refractivity contribution is 0.172. The summed E-state index contributed by atoms with van der Waals surface area (Å²) in [5.41, 5.74) is 0.414. The molecule has 0 bridgehead atoms. The Labute approximate surface area is 83.5 Å². The maximum absolute atomic E-state index is 8.97. The van der Waals surface area contributed by atoms with Gasteiger partial charge in [-0.2, -0.15) is 0 Å². The first-order valence-electron chi connectivity index (χ1n) is 5.62. The molecule has 0 radical (unpaired) electrons. The van der Waals surface area contributed by atoms with Gasteiger partial charge in [0, 0.05) is 6.61 Å². The van der Waals surface area contributed by atoms with Crippen LogP contribution in [0.25, 0.3) is 0 Å². The highest BCUT2D eigenvalue weighted by molar-refractivity contribution is 4.71. The van der Waals surface area contributed by atoms with Crippen molar-refractivity contribution in [3.8, 4) is 0 Å². The van der Waals surface area contributed by atoms with Crippen LogP contribution in [0.4, 0.5) is 0 Å². The summed E-state index contributed by atoms with van der Waals surface area (Å²) in [5.74, 6) is 0.455. The van der Waals surface area contributed by atoms with Crippen LogP contribution in [0.3, 0.4) is 0 Å². The second kappa shape index (κ2) is 6.42. The maximum Gasteiger partial charge on any atom is 0.0456 e. The van der Waals surface area contributed by atoms with Gasteiger partial charge >= 0.3 is 0 Å². The monoisotopic (exact) mass is 186 g/mol. The van der Waals surface area contributed by atoms with Crippen molar-refractivity contribution >= 4 is 0 Å². The van der Waals surface area contributed by atoms with Crippen LogP contribution in [0.15, 0.2) is 0 Å². The zero-order valence-corrected chi connectivity index (χ0v) is 9.77. The molecule has 0 spiro atoms. The first kappa shape index (κ1) is 13.0. The Bertz CT molecular complexity index is 118. The lowest BCUT2D eigenvalue weighted by atomic mass is 9.79. The largest absolute Gasteiger partial charge is 0.396 e. The topological polar surface area (TPSA) is 20.2 Å². The van der Waals surface area contributed by atoms with E-state index in [2.05, 4.69) is 27.7 Å². The van der Waals surface area contributed by atoms with Crippen LogP contribution in [0.1, 0.15) is 59.8 Å². The zero-order valence-electron chi connectivity index (χ0n) is 9.77. The fourth-order valence-corrected chi connectivity index (χ4v) is 1.96. The van der Waals surface area contributed by atoms with Gasteiger partial charge in [-0.15, -0.1) is 0 Å². The molecule has 0 aliphatic rings. The molecule has 0 saturated heterocycles. The molecule has 0 aromatic heterocycles. The molecule has 80 valence electrons. The minimum absolute atomic E-state index is 0.331. The number of hydrogen-bond donors (Lipinski definition) is 1. The number of aliphatic hydroxyl groups excluding tert-OH is 1. The highest BCUT2D eigenvalue weighted by atomic mass is 16.3. The van der Waals surface area contributed by atoms with Gasteiger partial charge in [0.25, 0.3) is 0 Å². The summed E-state index contributed by atoms with van der Waals surface area (Å²) >= 11 is 0. The molecule has 0 heterocycles. The van der Waals surface area contributed by atoms with Crippen molar-refractivity contribution < 1.29 is 5.11 Å². The Morgan fingerprint density at radius 1 is 1.23 bits per heavy atom. The molecule has 0 rings (SSSR count). The summed E-state index contributed by atoms with van der Waals surface area (Å²) in [4.78, 5) is 0. The van der Waals surface area contributed by atoms with Gasteiger partial charge in [-0.05, 0) is 24.2 Å². The van der Waals surface area contributed by atoms with Gasteiger partial charge in [0.1, 0.15) is 0 Å². The molecule has 0 aromatic carbocycles. The summed E-state index contributed by atoms with van der Waals surface area (Å²) in [6.07, 6.45) is 6.42. The third-order valence-corrected chi connectivity index (χ3v) is 2.67. The molecule has 1 heteroatoms. The third-order valence-electron chi connectivity index (χ3n) is 2.67. The SMILES string of the molecule is CCCCCC(C)(C)CC(C)CO. The molecular formula is C12H26O. The Balaban J connectivity index is 3.65. The third kappa shape index (κ3) is 7.06. The van der Waals surface area contributed by atoms with E-state index in [1.54, 1.807) is 0 Å². The quantitative estimate of drug-likeness (QED) is 0.602. The van der Waals surface area contributed by atoms with E-state index in [1.165, 1.54) is 25.7 Å². The molecule has 0 saturated carbocycles. The van der Waals surface area contributed by atoms with Crippen molar-refractivity contribution in [1.82, 2.24) is 0 Å². The van der Waals surface area contributed by atoms with E-state index < -0.39 is 0 Å². The second-order valence-electron chi connectivity index (χ2n) is 5.11. The van der Waals surface area contributed by atoms with Gasteiger partial charge in [0.15, 0.2) is 0 Å². The van der Waals surface area contributed by atoms with Crippen molar-refractivity contribution in [2.45, 2.75) is 59.8 Å². The number of unbranched alkanes of at least 4 members (excludes halogenated alkanes) is 2. The molecule has 0 aliphatic heterocycles. The van der Waals surface area contributed by atoms with E-state index in [4.69, 9.17) is 5.11 Å². The number of rotatable bonds is 7. The van der Waals surface area contributed by atoms with Gasteiger partial charge in [-0.25, -0.2) is 0 Å². The van der Waals surface area contributed by atoms with Gasteiger partial charge in [-0.1, -0.05) is 47.0 Å². The van der Waals surface area contributed by atoms with Crippen molar-refractivity contribution in [3.63, 3.8) is 0 Å². The van der Waals surface area contributed by atoms with Crippen LogP contribution < -0.4 is 0 Å². The first-order chi connectivity index (χ1) is 6.02. The van der Waals surface area contributed by atoms with Crippen molar-refractivity contribution in [3.05, 3.63) is 0 Å². The Morgan fingerprint density at radius 2 is 1.85 bits per heavy atom. The van der Waals surface area contributed by atoms with Crippen LogP contribution in [0.5, 0.6) is 0 Å². The summed E-state index contributed by atoms with van der Waals surface area (Å²) in [7, 11) is 0. The first-order valence-corrected chi connectivity index (χ1v) is 5.62. The molecule has 0 fully saturated rings. The standard InChI is InChI=1S/C12H26O/c1-5-6-7-8-12(3,4)9-11(2)10-13/h11,13H,5-10H2,1-4H3. The highest BCUT2D eigenvalue weighted by Gasteiger charge is 2.19. The predicted octanol–water partition coefficient (Wildman–Crippen LogP) is 3.61. The van der Waals surface area contributed by atoms with E-state index in [0.29, 0.717) is 17.9 Å². The highest BCUT2D eigenvalue weighted by Crippen LogP contribution is 2.31. The molecule has 1 atom stereocenters. The average Bonchev–Trinajstić information content (AvgIpc) is 2.03. The van der Waals surface area contributed by atoms with Crippen LogP contribution in [-0.4, -0.2) is 11.7 Å². The van der Waals surface area contributed by atoms with Crippen LogP contribution in [0.2, 0.25) is 0 Å². The summed E-state index contributed by atoms with van der Waals surface area (Å²) < 4.78 is 0. The minimum Gasteiger partial charge on any atom is -0.396 e. The van der Waals surface area contributed by atoms with Gasteiger partial charge < -0.3 is 5.11 Å². The fraction of sp³-hybridized carbons (Fsp3) is 1.00. The molecule has 1 unspecified atom stereocenters. The lowest BCUT2D eigenvalue weighted by Gasteiger charge is -2.27. The molecule has 1 N–H and O–H groups in total. The smallest absolute Gasteiger partial charge is 0.0456 e. The van der Waals surface area contributed by atoms with Crippen molar-refractivity contribution in [2.24, 2.45) is 11.3 Å². The predicted molar refractivity (Wildman–Crippen MR) is 58.8 cm³/mol. The van der Waals surface area contributed by atoms with E-state index in [-0.39, 0.29) is 0 Å². The maximum atomic E-state index is 8.97. The van der Waals surface area contributed by atoms with Crippen LogP contribution in [0, 0.1) is 11.3 Å². The molecule has 0 amide bonds. The van der Waals surface area contributed by atoms with E-state index >= 15 is 0 Å². The molecule has 0 aromatic rings. The lowest BCUT2D eigenvalue weighted by Crippen LogP contribution is -2.17. The van der Waals surface area contributed by atoms with Crippen molar-refractivity contribution in [1.29, 1.82) is 0 Å². The fourth-order valence-electron chi connectivity index (χ4n) is 1.96. The van der Waals surface area contributed by atoms with Crippen LogP contribution in [-0.2, 0) is 0 Å². The van der Waals surface area contributed by atoms with Crippen LogP contribution >= 0.6 is 0 Å². The average molecular weight is 186 g/mol. The molecule has 1 nitrogen and oxygen atoms in total. The van der Waals surface area contributed by atoms with E-state index in [9.17, 15) is 0 Å². The van der Waals surface area contributed by atoms with Crippen molar-refractivity contribution in [2.75, 3.05) is 6.61 Å². The summed E-state index contributed by atoms with van der Waals surface area (Å²) in [5, 5.41) is 8.97. The van der Waals surface area contributed by atoms with E-state index in [1.807, 2.05) is 0 Å². The number of hydrogen-bond acceptors (Lipinski definition) is 1. The summed E-state index contributed by atoms with van der Waals surface area (Å²) in [6, 6.07) is 0. The Hall–Kier alpha value is -0.0400. The summed E-state index contributed by atoms with van der Waals surface area (Å²) in [6.45, 7) is 9.33. The molecular weight excluding hydrogens is 160 g/mol. The Morgan fingerprint density at radius 3 is 2.31 bits per heavy atom. The molecule has 0 aliphatic carbocycles. The number of aliphatic hydroxyl groups is 1. The van der Waals surface area contributed by atoms with Gasteiger partial charge in [0.05, 0.1) is 0 Å². The normalized spacial score (nSPS) is 14.5.